The summed E-state index contributed by atoms with van der Waals surface area (Å²) in [5, 5.41) is 2.12. The number of amides is 1. The van der Waals surface area contributed by atoms with Crippen LogP contribution in [0.1, 0.15) is 5.56 Å². The fourth-order valence-electron chi connectivity index (χ4n) is 1.08. The Hall–Kier alpha value is -0.580. The van der Waals surface area contributed by atoms with Crippen LogP contribution in [0.2, 0.25) is 0 Å². The molecule has 1 N–H and O–H groups in total. The van der Waals surface area contributed by atoms with Crippen molar-refractivity contribution < 1.29 is 9.53 Å². The molecule has 1 aromatic rings. The molecule has 0 aliphatic heterocycles. The third-order valence-electron chi connectivity index (χ3n) is 1.96. The number of carbonyl (C=O) groups excluding carboxylic acids is 1. The van der Waals surface area contributed by atoms with Crippen LogP contribution < -0.4 is 5.32 Å². The number of halogens is 2. The van der Waals surface area contributed by atoms with E-state index < -0.39 is 16.3 Å². The summed E-state index contributed by atoms with van der Waals surface area (Å²) < 4.78 is 4.51. The van der Waals surface area contributed by atoms with Crippen molar-refractivity contribution in [3.63, 3.8) is 0 Å². The van der Waals surface area contributed by atoms with Crippen LogP contribution in [-0.4, -0.2) is 23.4 Å². The molecule has 1 atom stereocenters. The lowest BCUT2D eigenvalue weighted by Crippen LogP contribution is -2.36. The maximum atomic E-state index is 11.1. The summed E-state index contributed by atoms with van der Waals surface area (Å²) in [5.41, 5.74) is 1.17. The molecule has 1 aromatic carbocycles. The van der Waals surface area contributed by atoms with Crippen LogP contribution in [0.3, 0.4) is 0 Å². The summed E-state index contributed by atoms with van der Waals surface area (Å²) in [6, 6.07) is 7.86. The van der Waals surface area contributed by atoms with Gasteiger partial charge < -0.3 is 10.1 Å². The third-order valence-corrected chi connectivity index (χ3v) is 3.95. The van der Waals surface area contributed by atoms with E-state index in [1.165, 1.54) is 24.4 Å². The molecular weight excluding hydrogens is 281 g/mol. The van der Waals surface area contributed by atoms with Crippen LogP contribution in [-0.2, 0) is 4.74 Å². The molecule has 6 heteroatoms. The van der Waals surface area contributed by atoms with Crippen LogP contribution in [0.15, 0.2) is 29.2 Å². The summed E-state index contributed by atoms with van der Waals surface area (Å²) in [7, 11) is 1.29. The Morgan fingerprint density at radius 3 is 2.41 bits per heavy atom. The first-order valence-electron chi connectivity index (χ1n) is 4.89. The Morgan fingerprint density at radius 2 is 1.94 bits per heavy atom. The number of rotatable bonds is 4. The zero-order valence-electron chi connectivity index (χ0n) is 9.44. The predicted molar refractivity (Wildman–Crippen MR) is 71.9 cm³/mol. The maximum absolute atomic E-state index is 11.1. The first-order chi connectivity index (χ1) is 8.02. The lowest BCUT2D eigenvalue weighted by atomic mass is 10.2. The number of alkyl carbamates (subject to hydrolysis) is 1. The molecule has 1 amide bonds. The quantitative estimate of drug-likeness (QED) is 0.524. The van der Waals surface area contributed by atoms with E-state index in [1.54, 1.807) is 0 Å². The van der Waals surface area contributed by atoms with Gasteiger partial charge in [0.15, 0.2) is 0 Å². The van der Waals surface area contributed by atoms with Crippen molar-refractivity contribution in [2.75, 3.05) is 7.11 Å². The Kier molecular flexibility index (Phi) is 5.95. The number of methoxy groups -OCH3 is 1. The second-order valence-corrected chi connectivity index (χ2v) is 5.70. The van der Waals surface area contributed by atoms with Crippen molar-refractivity contribution in [1.29, 1.82) is 0 Å². The van der Waals surface area contributed by atoms with Gasteiger partial charge in [0, 0.05) is 4.90 Å². The monoisotopic (exact) mass is 293 g/mol. The molecule has 0 radical (unpaired) electrons. The Morgan fingerprint density at radius 1 is 1.35 bits per heavy atom. The van der Waals surface area contributed by atoms with E-state index in [-0.39, 0.29) is 0 Å². The molecule has 0 bridgehead atoms. The summed E-state index contributed by atoms with van der Waals surface area (Å²) in [6.45, 7) is 2.00. The molecule has 1 rings (SSSR count). The molecule has 94 valence electrons. The molecule has 3 nitrogen and oxygen atoms in total. The van der Waals surface area contributed by atoms with Gasteiger partial charge in [-0.15, -0.1) is 23.2 Å². The van der Waals surface area contributed by atoms with Crippen LogP contribution in [0.5, 0.6) is 0 Å². The molecule has 0 fully saturated rings. The maximum Gasteiger partial charge on any atom is 0.407 e. The number of carbonyl (C=O) groups is 1. The molecule has 0 saturated heterocycles. The average Bonchev–Trinajstić information content (AvgIpc) is 2.30. The highest BCUT2D eigenvalue weighted by Crippen LogP contribution is 2.28. The van der Waals surface area contributed by atoms with E-state index >= 15 is 0 Å². The zero-order chi connectivity index (χ0) is 12.8. The van der Waals surface area contributed by atoms with Gasteiger partial charge in [0.25, 0.3) is 0 Å². The van der Waals surface area contributed by atoms with Crippen LogP contribution in [0.25, 0.3) is 0 Å². The summed E-state index contributed by atoms with van der Waals surface area (Å²) in [6.07, 6.45) is -0.555. The van der Waals surface area contributed by atoms with E-state index in [0.29, 0.717) is 0 Å². The average molecular weight is 294 g/mol. The third kappa shape index (κ3) is 5.06. The number of hydrogen-bond donors (Lipinski definition) is 1. The lowest BCUT2D eigenvalue weighted by molar-refractivity contribution is 0.170. The number of aryl methyl sites for hydroxylation is 1. The summed E-state index contributed by atoms with van der Waals surface area (Å²) >= 11 is 13.0. The SMILES string of the molecule is COC(=O)N[C@@H](Sc1ccc(C)cc1)C(Cl)Cl. The lowest BCUT2D eigenvalue weighted by Gasteiger charge is -2.18. The van der Waals surface area contributed by atoms with Crippen molar-refractivity contribution in [2.24, 2.45) is 0 Å². The number of thioether (sulfide) groups is 1. The van der Waals surface area contributed by atoms with E-state index in [0.717, 1.165) is 4.90 Å². The number of alkyl halides is 2. The Balaban J connectivity index is 2.66. The van der Waals surface area contributed by atoms with E-state index in [2.05, 4.69) is 10.1 Å². The van der Waals surface area contributed by atoms with Crippen molar-refractivity contribution in [3.8, 4) is 0 Å². The minimum absolute atomic E-state index is 0.450. The summed E-state index contributed by atoms with van der Waals surface area (Å²) in [5.74, 6) is 0. The van der Waals surface area contributed by atoms with Gasteiger partial charge in [-0.1, -0.05) is 29.5 Å². The van der Waals surface area contributed by atoms with Crippen LogP contribution in [0, 0.1) is 6.92 Å². The minimum atomic E-state index is -0.722. The minimum Gasteiger partial charge on any atom is -0.453 e. The molecule has 0 saturated carbocycles. The molecule has 0 spiro atoms. The predicted octanol–water partition coefficient (Wildman–Crippen LogP) is 3.57. The topological polar surface area (TPSA) is 38.3 Å². The highest BCUT2D eigenvalue weighted by Gasteiger charge is 2.20. The largest absolute Gasteiger partial charge is 0.453 e. The van der Waals surface area contributed by atoms with Crippen molar-refractivity contribution in [3.05, 3.63) is 29.8 Å². The number of ether oxygens (including phenoxy) is 1. The standard InChI is InChI=1S/C11H13Cl2NO2S/c1-7-3-5-8(6-4-7)17-10(9(12)13)14-11(15)16-2/h3-6,9-10H,1-2H3,(H,14,15)/t10-/m0/s1. The smallest absolute Gasteiger partial charge is 0.407 e. The van der Waals surface area contributed by atoms with Gasteiger partial charge in [-0.25, -0.2) is 4.79 Å². The van der Waals surface area contributed by atoms with Gasteiger partial charge in [0.1, 0.15) is 10.2 Å². The van der Waals surface area contributed by atoms with Gasteiger partial charge >= 0.3 is 6.09 Å². The second-order valence-electron chi connectivity index (χ2n) is 3.32. The number of hydrogen-bond acceptors (Lipinski definition) is 3. The van der Waals surface area contributed by atoms with E-state index in [9.17, 15) is 4.79 Å². The van der Waals surface area contributed by atoms with E-state index in [1.807, 2.05) is 31.2 Å². The van der Waals surface area contributed by atoms with Gasteiger partial charge in [-0.2, -0.15) is 0 Å². The fourth-order valence-corrected chi connectivity index (χ4v) is 2.36. The zero-order valence-corrected chi connectivity index (χ0v) is 11.8. The first kappa shape index (κ1) is 14.5. The van der Waals surface area contributed by atoms with Gasteiger partial charge in [0.2, 0.25) is 0 Å². The molecule has 0 heterocycles. The number of nitrogens with one attached hydrogen (secondary N) is 1. The Bertz CT molecular complexity index is 370. The highest BCUT2D eigenvalue weighted by molar-refractivity contribution is 8.00. The van der Waals surface area contributed by atoms with Gasteiger partial charge in [-0.3, -0.25) is 0 Å². The molecule has 0 unspecified atom stereocenters. The normalized spacial score (nSPS) is 12.3. The van der Waals surface area contributed by atoms with E-state index in [4.69, 9.17) is 23.2 Å². The van der Waals surface area contributed by atoms with Gasteiger partial charge in [0.05, 0.1) is 7.11 Å². The Labute approximate surface area is 115 Å². The molecular formula is C11H13Cl2NO2S. The van der Waals surface area contributed by atoms with Crippen molar-refractivity contribution in [2.45, 2.75) is 22.0 Å². The summed E-state index contributed by atoms with van der Waals surface area (Å²) in [4.78, 5) is 11.4. The molecule has 0 aliphatic rings. The molecule has 0 aromatic heterocycles. The highest BCUT2D eigenvalue weighted by atomic mass is 35.5. The first-order valence-corrected chi connectivity index (χ1v) is 6.64. The van der Waals surface area contributed by atoms with Crippen LogP contribution in [0.4, 0.5) is 4.79 Å². The fraction of sp³-hybridized carbons (Fsp3) is 0.364. The van der Waals surface area contributed by atoms with Crippen molar-refractivity contribution in [1.82, 2.24) is 5.32 Å². The molecule has 0 aliphatic carbocycles. The van der Waals surface area contributed by atoms with Gasteiger partial charge in [-0.05, 0) is 19.1 Å². The van der Waals surface area contributed by atoms with Crippen LogP contribution >= 0.6 is 35.0 Å². The molecule has 17 heavy (non-hydrogen) atoms. The second kappa shape index (κ2) is 6.99. The van der Waals surface area contributed by atoms with Crippen molar-refractivity contribution >= 4 is 41.1 Å². The number of benzene rings is 1.